The molecular weight excluding hydrogens is 424 g/mol. The second-order valence-corrected chi connectivity index (χ2v) is 9.30. The van der Waals surface area contributed by atoms with Crippen LogP contribution in [-0.4, -0.2) is 39.1 Å². The van der Waals surface area contributed by atoms with Gasteiger partial charge in [0.2, 0.25) is 5.75 Å². The fourth-order valence-electron chi connectivity index (χ4n) is 3.26. The second kappa shape index (κ2) is 9.60. The van der Waals surface area contributed by atoms with Gasteiger partial charge in [-0.3, -0.25) is 9.89 Å². The molecule has 0 unspecified atom stereocenters. The number of ether oxygens (including phenoxy) is 1. The Labute approximate surface area is 192 Å². The van der Waals surface area contributed by atoms with E-state index in [-0.39, 0.29) is 12.0 Å². The Morgan fingerprint density at radius 3 is 2.53 bits per heavy atom. The summed E-state index contributed by atoms with van der Waals surface area (Å²) in [5.41, 5.74) is 1.98. The molecular formula is C23H28N6O2S. The maximum atomic E-state index is 12.1. The maximum absolute atomic E-state index is 12.1. The number of carbonyl (C=O) groups excluding carboxylic acids is 1. The summed E-state index contributed by atoms with van der Waals surface area (Å²) in [6, 6.07) is 10.1. The van der Waals surface area contributed by atoms with Crippen LogP contribution in [0.5, 0.6) is 5.75 Å². The monoisotopic (exact) mass is 452 g/mol. The van der Waals surface area contributed by atoms with E-state index in [0.717, 1.165) is 29.0 Å². The Balaban J connectivity index is 1.57. The molecule has 0 saturated heterocycles. The summed E-state index contributed by atoms with van der Waals surface area (Å²) in [7, 11) is 1.60. The predicted molar refractivity (Wildman–Crippen MR) is 126 cm³/mol. The highest BCUT2D eigenvalue weighted by Gasteiger charge is 2.29. The van der Waals surface area contributed by atoms with E-state index in [1.165, 1.54) is 11.8 Å². The van der Waals surface area contributed by atoms with Gasteiger partial charge in [0.15, 0.2) is 22.6 Å². The smallest absolute Gasteiger partial charge is 0.204 e. The number of nitrogens with zero attached hydrogens (tertiary/aromatic N) is 3. The molecule has 168 valence electrons. The number of anilines is 3. The van der Waals surface area contributed by atoms with E-state index in [2.05, 4.69) is 30.8 Å². The first-order chi connectivity index (χ1) is 15.4. The van der Waals surface area contributed by atoms with Crippen molar-refractivity contribution in [1.29, 1.82) is 0 Å². The Kier molecular flexibility index (Phi) is 6.64. The third-order valence-corrected chi connectivity index (χ3v) is 5.84. The van der Waals surface area contributed by atoms with Crippen molar-refractivity contribution in [2.75, 3.05) is 17.7 Å². The lowest BCUT2D eigenvalue weighted by Crippen LogP contribution is -2.14. The van der Waals surface area contributed by atoms with Crippen LogP contribution in [-0.2, 0) is 11.2 Å². The molecule has 4 rings (SSSR count). The van der Waals surface area contributed by atoms with Crippen molar-refractivity contribution in [2.24, 2.45) is 5.92 Å². The number of rotatable bonds is 10. The zero-order chi connectivity index (χ0) is 22.7. The van der Waals surface area contributed by atoms with Crippen molar-refractivity contribution >= 4 is 35.0 Å². The van der Waals surface area contributed by atoms with Gasteiger partial charge < -0.3 is 15.4 Å². The molecule has 3 N–H and O–H groups in total. The molecule has 1 saturated carbocycles. The molecule has 0 aliphatic heterocycles. The van der Waals surface area contributed by atoms with Crippen molar-refractivity contribution in [1.82, 2.24) is 20.2 Å². The first kappa shape index (κ1) is 22.1. The highest BCUT2D eigenvalue weighted by Crippen LogP contribution is 2.36. The number of hydrogen-bond donors (Lipinski definition) is 3. The number of aromatic amines is 1. The topological polar surface area (TPSA) is 105 Å². The van der Waals surface area contributed by atoms with Gasteiger partial charge >= 0.3 is 0 Å². The van der Waals surface area contributed by atoms with Gasteiger partial charge in [0.1, 0.15) is 5.78 Å². The molecule has 0 radical (unpaired) electrons. The molecule has 1 aliphatic carbocycles. The van der Waals surface area contributed by atoms with Gasteiger partial charge in [0, 0.05) is 35.0 Å². The molecule has 0 spiro atoms. The summed E-state index contributed by atoms with van der Waals surface area (Å²) in [5.74, 6) is 2.95. The number of ketones is 1. The highest BCUT2D eigenvalue weighted by molar-refractivity contribution is 7.99. The molecule has 1 aliphatic rings. The Morgan fingerprint density at radius 2 is 1.94 bits per heavy atom. The van der Waals surface area contributed by atoms with Crippen LogP contribution >= 0.6 is 11.8 Å². The molecule has 1 aromatic carbocycles. The Hall–Kier alpha value is -3.07. The highest BCUT2D eigenvalue weighted by atomic mass is 32.2. The molecule has 2 aromatic heterocycles. The first-order valence-corrected chi connectivity index (χ1v) is 11.5. The van der Waals surface area contributed by atoms with Gasteiger partial charge in [-0.2, -0.15) is 5.10 Å². The van der Waals surface area contributed by atoms with Gasteiger partial charge in [-0.1, -0.05) is 12.1 Å². The van der Waals surface area contributed by atoms with Crippen molar-refractivity contribution in [3.8, 4) is 5.75 Å². The van der Waals surface area contributed by atoms with Gasteiger partial charge in [0.25, 0.3) is 0 Å². The lowest BCUT2D eigenvalue weighted by molar-refractivity contribution is -0.119. The summed E-state index contributed by atoms with van der Waals surface area (Å²) in [5, 5.41) is 14.3. The number of Topliss-reactive ketones (excluding diaryl/α,β-unsaturated/α-hetero) is 1. The molecule has 3 aromatic rings. The van der Waals surface area contributed by atoms with Crippen LogP contribution in [0.2, 0.25) is 0 Å². The minimum Gasteiger partial charge on any atom is -0.490 e. The normalized spacial score (nSPS) is 13.3. The van der Waals surface area contributed by atoms with E-state index in [1.54, 1.807) is 7.11 Å². The van der Waals surface area contributed by atoms with Crippen LogP contribution in [0.1, 0.15) is 37.9 Å². The number of H-pyrrole nitrogens is 1. The zero-order valence-corrected chi connectivity index (χ0v) is 19.5. The van der Waals surface area contributed by atoms with Crippen molar-refractivity contribution in [3.05, 3.63) is 41.6 Å². The zero-order valence-electron chi connectivity index (χ0n) is 18.7. The van der Waals surface area contributed by atoms with E-state index in [1.807, 2.05) is 51.1 Å². The minimum atomic E-state index is 0.167. The van der Waals surface area contributed by atoms with Crippen LogP contribution in [0.4, 0.5) is 17.5 Å². The summed E-state index contributed by atoms with van der Waals surface area (Å²) in [4.78, 5) is 22.4. The van der Waals surface area contributed by atoms with Gasteiger partial charge in [-0.05, 0) is 63.1 Å². The van der Waals surface area contributed by atoms with Crippen molar-refractivity contribution < 1.29 is 9.53 Å². The largest absolute Gasteiger partial charge is 0.490 e. The summed E-state index contributed by atoms with van der Waals surface area (Å²) in [6.45, 7) is 6.02. The molecule has 0 amide bonds. The van der Waals surface area contributed by atoms with Crippen molar-refractivity contribution in [2.45, 2.75) is 56.1 Å². The Bertz CT molecular complexity index is 1090. The van der Waals surface area contributed by atoms with Gasteiger partial charge in [0.05, 0.1) is 7.11 Å². The fourth-order valence-corrected chi connectivity index (χ4v) is 4.02. The van der Waals surface area contributed by atoms with Crippen LogP contribution in [0, 0.1) is 12.8 Å². The first-order valence-electron chi connectivity index (χ1n) is 10.7. The van der Waals surface area contributed by atoms with Gasteiger partial charge in [-0.15, -0.1) is 0 Å². The fraction of sp³-hybridized carbons (Fsp3) is 0.391. The minimum absolute atomic E-state index is 0.167. The number of aromatic nitrogens is 4. The number of benzene rings is 1. The number of carbonyl (C=O) groups is 1. The van der Waals surface area contributed by atoms with E-state index < -0.39 is 0 Å². The molecule has 9 heteroatoms. The number of nitrogens with one attached hydrogen (secondary N) is 3. The van der Waals surface area contributed by atoms with E-state index in [4.69, 9.17) is 4.74 Å². The third-order valence-electron chi connectivity index (χ3n) is 4.97. The summed E-state index contributed by atoms with van der Waals surface area (Å²) >= 11 is 1.45. The SMILES string of the molecule is COc1c(Nc2cc(C)[nH]n2)nc(Sc2ccc(CC(=O)C3CC3)cc2)nc1NC(C)C. The average Bonchev–Trinajstić information content (AvgIpc) is 3.52. The van der Waals surface area contributed by atoms with Crippen LogP contribution < -0.4 is 15.4 Å². The molecule has 2 heterocycles. The van der Waals surface area contributed by atoms with Crippen molar-refractivity contribution in [3.63, 3.8) is 0 Å². The number of methoxy groups -OCH3 is 1. The molecule has 0 atom stereocenters. The molecule has 8 nitrogen and oxygen atoms in total. The second-order valence-electron chi connectivity index (χ2n) is 8.26. The maximum Gasteiger partial charge on any atom is 0.204 e. The third kappa shape index (κ3) is 5.59. The molecule has 0 bridgehead atoms. The standard InChI is InChI=1S/C23H28N6O2S/c1-13(2)24-21-20(31-4)22(25-19-11-14(3)28-29-19)27-23(26-21)32-17-9-5-15(6-10-17)12-18(30)16-7-8-16/h5-6,9-11,13,16H,7-8,12H2,1-4H3,(H3,24,25,26,27,28,29). The summed E-state index contributed by atoms with van der Waals surface area (Å²) in [6.07, 6.45) is 2.60. The van der Waals surface area contributed by atoms with Crippen LogP contribution in [0.15, 0.2) is 40.4 Å². The van der Waals surface area contributed by atoms with E-state index in [0.29, 0.717) is 40.6 Å². The number of aryl methyl sites for hydroxylation is 1. The summed E-state index contributed by atoms with van der Waals surface area (Å²) < 4.78 is 5.61. The predicted octanol–water partition coefficient (Wildman–Crippen LogP) is 4.75. The Morgan fingerprint density at radius 1 is 1.22 bits per heavy atom. The number of hydrogen-bond acceptors (Lipinski definition) is 8. The van der Waals surface area contributed by atoms with Crippen LogP contribution in [0.3, 0.4) is 0 Å². The molecule has 32 heavy (non-hydrogen) atoms. The molecule has 1 fully saturated rings. The van der Waals surface area contributed by atoms with E-state index >= 15 is 0 Å². The van der Waals surface area contributed by atoms with E-state index in [9.17, 15) is 4.79 Å². The lowest BCUT2D eigenvalue weighted by Gasteiger charge is -2.17. The average molecular weight is 453 g/mol. The van der Waals surface area contributed by atoms with Gasteiger partial charge in [-0.25, -0.2) is 9.97 Å². The lowest BCUT2D eigenvalue weighted by atomic mass is 10.1. The van der Waals surface area contributed by atoms with Crippen LogP contribution in [0.25, 0.3) is 0 Å². The quantitative estimate of drug-likeness (QED) is 0.379.